The van der Waals surface area contributed by atoms with Gasteiger partial charge in [0, 0.05) is 12.3 Å². The van der Waals surface area contributed by atoms with Crippen molar-refractivity contribution in [3.05, 3.63) is 35.6 Å². The summed E-state index contributed by atoms with van der Waals surface area (Å²) in [4.78, 5) is 21.8. The molecule has 0 aliphatic rings. The van der Waals surface area contributed by atoms with Gasteiger partial charge in [-0.3, -0.25) is 9.59 Å². The number of primary amides is 2. The standard InChI is InChI=1S/C13H17FN2O2/c14-11-6-4-9(5-7-11)2-1-3-10(13(16)18)8-12(15)17/h4-7,10H,1-3,8H2,(H2,15,17)(H2,16,18). The van der Waals surface area contributed by atoms with E-state index >= 15 is 0 Å². The van der Waals surface area contributed by atoms with Crippen LogP contribution in [0.5, 0.6) is 0 Å². The molecule has 0 spiro atoms. The number of rotatable bonds is 7. The third-order valence-corrected chi connectivity index (χ3v) is 2.78. The average molecular weight is 252 g/mol. The number of benzene rings is 1. The van der Waals surface area contributed by atoms with Crippen molar-refractivity contribution >= 4 is 11.8 Å². The molecular formula is C13H17FN2O2. The Morgan fingerprint density at radius 3 is 2.28 bits per heavy atom. The lowest BCUT2D eigenvalue weighted by molar-refractivity contribution is -0.127. The van der Waals surface area contributed by atoms with Crippen molar-refractivity contribution < 1.29 is 14.0 Å². The fourth-order valence-corrected chi connectivity index (χ4v) is 1.79. The zero-order valence-corrected chi connectivity index (χ0v) is 10.1. The van der Waals surface area contributed by atoms with Gasteiger partial charge in [-0.2, -0.15) is 0 Å². The van der Waals surface area contributed by atoms with E-state index in [1.165, 1.54) is 12.1 Å². The van der Waals surface area contributed by atoms with Gasteiger partial charge in [0.05, 0.1) is 0 Å². The van der Waals surface area contributed by atoms with Crippen LogP contribution in [0.1, 0.15) is 24.8 Å². The van der Waals surface area contributed by atoms with Gasteiger partial charge in [-0.25, -0.2) is 4.39 Å². The highest BCUT2D eigenvalue weighted by Crippen LogP contribution is 2.14. The second kappa shape index (κ2) is 6.74. The molecule has 0 aliphatic heterocycles. The summed E-state index contributed by atoms with van der Waals surface area (Å²) in [5.74, 6) is -1.82. The number of hydrogen-bond donors (Lipinski definition) is 2. The monoisotopic (exact) mass is 252 g/mol. The number of carbonyl (C=O) groups excluding carboxylic acids is 2. The van der Waals surface area contributed by atoms with Gasteiger partial charge in [0.25, 0.3) is 0 Å². The smallest absolute Gasteiger partial charge is 0.221 e. The number of carbonyl (C=O) groups is 2. The Kier molecular flexibility index (Phi) is 5.30. The third-order valence-electron chi connectivity index (χ3n) is 2.78. The summed E-state index contributed by atoms with van der Waals surface area (Å²) in [7, 11) is 0. The van der Waals surface area contributed by atoms with Crippen LogP contribution in [0, 0.1) is 11.7 Å². The van der Waals surface area contributed by atoms with E-state index in [9.17, 15) is 14.0 Å². The molecule has 18 heavy (non-hydrogen) atoms. The van der Waals surface area contributed by atoms with Gasteiger partial charge >= 0.3 is 0 Å². The van der Waals surface area contributed by atoms with Crippen LogP contribution >= 0.6 is 0 Å². The highest BCUT2D eigenvalue weighted by atomic mass is 19.1. The third kappa shape index (κ3) is 4.95. The summed E-state index contributed by atoms with van der Waals surface area (Å²) in [6.45, 7) is 0. The van der Waals surface area contributed by atoms with Gasteiger partial charge in [-0.15, -0.1) is 0 Å². The highest BCUT2D eigenvalue weighted by Gasteiger charge is 2.17. The minimum atomic E-state index is -0.527. The summed E-state index contributed by atoms with van der Waals surface area (Å²) in [5.41, 5.74) is 11.2. The molecule has 0 heterocycles. The molecule has 0 saturated carbocycles. The van der Waals surface area contributed by atoms with Crippen LogP contribution in [0.3, 0.4) is 0 Å². The maximum Gasteiger partial charge on any atom is 0.221 e. The minimum Gasteiger partial charge on any atom is -0.370 e. The van der Waals surface area contributed by atoms with E-state index < -0.39 is 17.7 Å². The first-order valence-electron chi connectivity index (χ1n) is 5.81. The molecule has 1 aromatic carbocycles. The molecular weight excluding hydrogens is 235 g/mol. The lowest BCUT2D eigenvalue weighted by atomic mass is 9.96. The van der Waals surface area contributed by atoms with E-state index in [1.807, 2.05) is 0 Å². The van der Waals surface area contributed by atoms with Gasteiger partial charge in [0.15, 0.2) is 0 Å². The van der Waals surface area contributed by atoms with Crippen molar-refractivity contribution in [2.45, 2.75) is 25.7 Å². The predicted octanol–water partition coefficient (Wildman–Crippen LogP) is 1.13. The van der Waals surface area contributed by atoms with Crippen LogP contribution in [0.2, 0.25) is 0 Å². The maximum atomic E-state index is 12.7. The second-order valence-electron chi connectivity index (χ2n) is 4.29. The molecule has 1 rings (SSSR count). The molecule has 98 valence electrons. The average Bonchev–Trinajstić information content (AvgIpc) is 2.29. The normalized spacial score (nSPS) is 12.1. The zero-order chi connectivity index (χ0) is 13.5. The SMILES string of the molecule is NC(=O)CC(CCCc1ccc(F)cc1)C(N)=O. The minimum absolute atomic E-state index is 0.0151. The van der Waals surface area contributed by atoms with Crippen molar-refractivity contribution in [3.63, 3.8) is 0 Å². The molecule has 0 bridgehead atoms. The molecule has 0 aromatic heterocycles. The van der Waals surface area contributed by atoms with Crippen molar-refractivity contribution in [2.75, 3.05) is 0 Å². The summed E-state index contributed by atoms with van der Waals surface area (Å²) >= 11 is 0. The Hall–Kier alpha value is -1.91. The first-order chi connectivity index (χ1) is 8.49. The summed E-state index contributed by atoms with van der Waals surface area (Å²) in [6, 6.07) is 6.18. The van der Waals surface area contributed by atoms with E-state index in [1.54, 1.807) is 12.1 Å². The van der Waals surface area contributed by atoms with Crippen LogP contribution in [0.25, 0.3) is 0 Å². The van der Waals surface area contributed by atoms with Gasteiger partial charge in [0.2, 0.25) is 11.8 Å². The molecule has 0 radical (unpaired) electrons. The van der Waals surface area contributed by atoms with E-state index in [0.29, 0.717) is 19.3 Å². The van der Waals surface area contributed by atoms with Crippen LogP contribution in [0.4, 0.5) is 4.39 Å². The quantitative estimate of drug-likeness (QED) is 0.762. The molecule has 1 aromatic rings. The van der Waals surface area contributed by atoms with Gasteiger partial charge < -0.3 is 11.5 Å². The van der Waals surface area contributed by atoms with Crippen molar-refractivity contribution in [2.24, 2.45) is 17.4 Å². The Bertz CT molecular complexity index is 418. The largest absolute Gasteiger partial charge is 0.370 e. The van der Waals surface area contributed by atoms with Gasteiger partial charge in [-0.05, 0) is 37.0 Å². The Labute approximate surface area is 105 Å². The molecule has 4 nitrogen and oxygen atoms in total. The zero-order valence-electron chi connectivity index (χ0n) is 10.1. The molecule has 5 heteroatoms. The van der Waals surface area contributed by atoms with Crippen LogP contribution < -0.4 is 11.5 Å². The Balaban J connectivity index is 2.41. The molecule has 2 amide bonds. The van der Waals surface area contributed by atoms with E-state index in [4.69, 9.17) is 11.5 Å². The lowest BCUT2D eigenvalue weighted by Gasteiger charge is -2.10. The van der Waals surface area contributed by atoms with Crippen molar-refractivity contribution in [1.29, 1.82) is 0 Å². The molecule has 0 saturated heterocycles. The first kappa shape index (κ1) is 14.2. The maximum absolute atomic E-state index is 12.7. The van der Waals surface area contributed by atoms with E-state index in [2.05, 4.69) is 0 Å². The van der Waals surface area contributed by atoms with E-state index in [0.717, 1.165) is 5.56 Å². The molecule has 1 atom stereocenters. The number of halogens is 1. The topological polar surface area (TPSA) is 86.2 Å². The molecule has 4 N–H and O–H groups in total. The van der Waals surface area contributed by atoms with E-state index in [-0.39, 0.29) is 12.2 Å². The number of nitrogens with two attached hydrogens (primary N) is 2. The summed E-state index contributed by atoms with van der Waals surface area (Å²) < 4.78 is 12.7. The summed E-state index contributed by atoms with van der Waals surface area (Å²) in [6.07, 6.45) is 1.91. The summed E-state index contributed by atoms with van der Waals surface area (Å²) in [5, 5.41) is 0. The predicted molar refractivity (Wildman–Crippen MR) is 65.8 cm³/mol. The highest BCUT2D eigenvalue weighted by molar-refractivity contribution is 5.83. The first-order valence-corrected chi connectivity index (χ1v) is 5.81. The Morgan fingerprint density at radius 2 is 1.78 bits per heavy atom. The van der Waals surface area contributed by atoms with Crippen LogP contribution in [-0.4, -0.2) is 11.8 Å². The van der Waals surface area contributed by atoms with Crippen molar-refractivity contribution in [3.8, 4) is 0 Å². The lowest BCUT2D eigenvalue weighted by Crippen LogP contribution is -2.28. The number of hydrogen-bond acceptors (Lipinski definition) is 2. The van der Waals surface area contributed by atoms with Crippen LogP contribution in [0.15, 0.2) is 24.3 Å². The molecule has 0 aliphatic carbocycles. The number of aryl methyl sites for hydroxylation is 1. The number of amides is 2. The fraction of sp³-hybridized carbons (Fsp3) is 0.385. The van der Waals surface area contributed by atoms with Crippen LogP contribution in [-0.2, 0) is 16.0 Å². The van der Waals surface area contributed by atoms with Gasteiger partial charge in [0.1, 0.15) is 5.82 Å². The second-order valence-corrected chi connectivity index (χ2v) is 4.29. The fourth-order valence-electron chi connectivity index (χ4n) is 1.79. The Morgan fingerprint density at radius 1 is 1.17 bits per heavy atom. The van der Waals surface area contributed by atoms with Crippen molar-refractivity contribution in [1.82, 2.24) is 0 Å². The molecule has 1 unspecified atom stereocenters. The molecule has 0 fully saturated rings. The van der Waals surface area contributed by atoms with Gasteiger partial charge in [-0.1, -0.05) is 12.1 Å².